The van der Waals surface area contributed by atoms with E-state index in [1.165, 1.54) is 0 Å². The molecule has 0 bridgehead atoms. The second kappa shape index (κ2) is 6.44. The summed E-state index contributed by atoms with van der Waals surface area (Å²) in [6.07, 6.45) is 2.30. The van der Waals surface area contributed by atoms with Crippen LogP contribution in [0, 0.1) is 11.3 Å². The Morgan fingerprint density at radius 2 is 2.16 bits per heavy atom. The molecular formula is C15H21N3O. The summed E-state index contributed by atoms with van der Waals surface area (Å²) in [6.45, 7) is 5.63. The molecule has 0 aliphatic carbocycles. The van der Waals surface area contributed by atoms with Gasteiger partial charge in [0.15, 0.2) is 0 Å². The summed E-state index contributed by atoms with van der Waals surface area (Å²) >= 11 is 0. The van der Waals surface area contributed by atoms with Gasteiger partial charge in [0, 0.05) is 25.2 Å². The van der Waals surface area contributed by atoms with Crippen molar-refractivity contribution in [3.05, 3.63) is 23.8 Å². The second-order valence-electron chi connectivity index (χ2n) is 4.88. The third-order valence-electron chi connectivity index (χ3n) is 3.73. The molecule has 0 aromatic heterocycles. The van der Waals surface area contributed by atoms with Gasteiger partial charge in [-0.05, 0) is 31.5 Å². The van der Waals surface area contributed by atoms with E-state index >= 15 is 0 Å². The van der Waals surface area contributed by atoms with Gasteiger partial charge in [0.1, 0.15) is 5.75 Å². The van der Waals surface area contributed by atoms with Crippen LogP contribution in [0.15, 0.2) is 18.2 Å². The SMILES string of the molecule is CCN1CCC(Nc2ccc(C#N)cc2OC)CC1. The number of anilines is 1. The lowest BCUT2D eigenvalue weighted by Crippen LogP contribution is -2.38. The van der Waals surface area contributed by atoms with Crippen molar-refractivity contribution in [2.24, 2.45) is 0 Å². The van der Waals surface area contributed by atoms with Crippen molar-refractivity contribution in [3.63, 3.8) is 0 Å². The average Bonchev–Trinajstić information content (AvgIpc) is 2.48. The van der Waals surface area contributed by atoms with E-state index in [9.17, 15) is 0 Å². The maximum Gasteiger partial charge on any atom is 0.143 e. The Balaban J connectivity index is 2.01. The average molecular weight is 259 g/mol. The molecular weight excluding hydrogens is 238 g/mol. The van der Waals surface area contributed by atoms with Crippen molar-refractivity contribution < 1.29 is 4.74 Å². The Labute approximate surface area is 115 Å². The van der Waals surface area contributed by atoms with Crippen LogP contribution in [0.2, 0.25) is 0 Å². The van der Waals surface area contributed by atoms with E-state index in [2.05, 4.69) is 23.2 Å². The maximum atomic E-state index is 8.89. The van der Waals surface area contributed by atoms with Crippen molar-refractivity contribution in [1.29, 1.82) is 5.26 Å². The molecule has 19 heavy (non-hydrogen) atoms. The van der Waals surface area contributed by atoms with Crippen LogP contribution in [-0.4, -0.2) is 37.7 Å². The molecule has 0 amide bonds. The molecule has 1 fully saturated rings. The van der Waals surface area contributed by atoms with Gasteiger partial charge < -0.3 is 15.0 Å². The number of nitriles is 1. The Bertz CT molecular complexity index is 459. The lowest BCUT2D eigenvalue weighted by Gasteiger charge is -2.32. The first-order valence-electron chi connectivity index (χ1n) is 6.83. The first-order chi connectivity index (χ1) is 9.26. The zero-order valence-corrected chi connectivity index (χ0v) is 11.6. The van der Waals surface area contributed by atoms with Gasteiger partial charge in [-0.25, -0.2) is 0 Å². The van der Waals surface area contributed by atoms with Crippen molar-refractivity contribution in [2.75, 3.05) is 32.1 Å². The molecule has 102 valence electrons. The highest BCUT2D eigenvalue weighted by Gasteiger charge is 2.18. The Kier molecular flexibility index (Phi) is 4.64. The van der Waals surface area contributed by atoms with Crippen LogP contribution in [0.1, 0.15) is 25.3 Å². The molecule has 4 nitrogen and oxygen atoms in total. The molecule has 4 heteroatoms. The first-order valence-corrected chi connectivity index (χ1v) is 6.83. The molecule has 0 spiro atoms. The van der Waals surface area contributed by atoms with Crippen molar-refractivity contribution in [3.8, 4) is 11.8 Å². The van der Waals surface area contributed by atoms with Crippen LogP contribution < -0.4 is 10.1 Å². The lowest BCUT2D eigenvalue weighted by atomic mass is 10.0. The molecule has 1 saturated heterocycles. The summed E-state index contributed by atoms with van der Waals surface area (Å²) in [5, 5.41) is 12.4. The van der Waals surface area contributed by atoms with Crippen LogP contribution in [0.3, 0.4) is 0 Å². The standard InChI is InChI=1S/C15H21N3O/c1-3-18-8-6-13(7-9-18)17-14-5-4-12(11-16)10-15(14)19-2/h4-5,10,13,17H,3,6-9H2,1-2H3. The molecule has 2 rings (SSSR count). The molecule has 1 aromatic carbocycles. The predicted octanol–water partition coefficient (Wildman–Crippen LogP) is 2.46. The van der Waals surface area contributed by atoms with Gasteiger partial charge in [-0.15, -0.1) is 0 Å². The molecule has 1 aliphatic rings. The fourth-order valence-electron chi connectivity index (χ4n) is 2.49. The normalized spacial score (nSPS) is 16.9. The molecule has 0 saturated carbocycles. The summed E-state index contributed by atoms with van der Waals surface area (Å²) in [4.78, 5) is 2.47. The van der Waals surface area contributed by atoms with E-state index < -0.39 is 0 Å². The minimum Gasteiger partial charge on any atom is -0.495 e. The van der Waals surface area contributed by atoms with Gasteiger partial charge in [-0.3, -0.25) is 0 Å². The van der Waals surface area contributed by atoms with Gasteiger partial charge in [-0.1, -0.05) is 6.92 Å². The second-order valence-corrected chi connectivity index (χ2v) is 4.88. The number of ether oxygens (including phenoxy) is 1. The van der Waals surface area contributed by atoms with E-state index in [1.807, 2.05) is 12.1 Å². The predicted molar refractivity (Wildman–Crippen MR) is 76.5 cm³/mol. The van der Waals surface area contributed by atoms with Crippen molar-refractivity contribution in [1.82, 2.24) is 4.90 Å². The highest BCUT2D eigenvalue weighted by atomic mass is 16.5. The summed E-state index contributed by atoms with van der Waals surface area (Å²) in [5.41, 5.74) is 1.61. The molecule has 1 heterocycles. The topological polar surface area (TPSA) is 48.3 Å². The van der Waals surface area contributed by atoms with Gasteiger partial charge in [0.2, 0.25) is 0 Å². The summed E-state index contributed by atoms with van der Waals surface area (Å²) in [5.74, 6) is 0.747. The Hall–Kier alpha value is -1.73. The molecule has 0 unspecified atom stereocenters. The molecule has 1 aromatic rings. The number of hydrogen-bond donors (Lipinski definition) is 1. The van der Waals surface area contributed by atoms with E-state index in [1.54, 1.807) is 13.2 Å². The van der Waals surface area contributed by atoms with Crippen LogP contribution in [0.25, 0.3) is 0 Å². The quantitative estimate of drug-likeness (QED) is 0.902. The summed E-state index contributed by atoms with van der Waals surface area (Å²) < 4.78 is 5.35. The minimum atomic E-state index is 0.490. The van der Waals surface area contributed by atoms with Crippen LogP contribution in [-0.2, 0) is 0 Å². The van der Waals surface area contributed by atoms with Crippen LogP contribution >= 0.6 is 0 Å². The van der Waals surface area contributed by atoms with Crippen molar-refractivity contribution >= 4 is 5.69 Å². The molecule has 1 aliphatic heterocycles. The number of methoxy groups -OCH3 is 1. The Morgan fingerprint density at radius 3 is 2.74 bits per heavy atom. The van der Waals surface area contributed by atoms with E-state index in [-0.39, 0.29) is 0 Å². The zero-order valence-electron chi connectivity index (χ0n) is 11.6. The highest BCUT2D eigenvalue weighted by Crippen LogP contribution is 2.27. The molecule has 0 atom stereocenters. The van der Waals surface area contributed by atoms with Crippen LogP contribution in [0.4, 0.5) is 5.69 Å². The fraction of sp³-hybridized carbons (Fsp3) is 0.533. The third-order valence-corrected chi connectivity index (χ3v) is 3.73. The summed E-state index contributed by atoms with van der Waals surface area (Å²) in [6, 6.07) is 8.16. The lowest BCUT2D eigenvalue weighted by molar-refractivity contribution is 0.229. The number of benzene rings is 1. The van der Waals surface area contributed by atoms with Crippen molar-refractivity contribution in [2.45, 2.75) is 25.8 Å². The molecule has 0 radical (unpaired) electrons. The van der Waals surface area contributed by atoms with Gasteiger partial charge in [0.05, 0.1) is 24.4 Å². The Morgan fingerprint density at radius 1 is 1.42 bits per heavy atom. The molecule has 1 N–H and O–H groups in total. The minimum absolute atomic E-state index is 0.490. The van der Waals surface area contributed by atoms with Crippen LogP contribution in [0.5, 0.6) is 5.75 Å². The van der Waals surface area contributed by atoms with E-state index in [0.29, 0.717) is 11.6 Å². The monoisotopic (exact) mass is 259 g/mol. The van der Waals surface area contributed by atoms with Gasteiger partial charge in [-0.2, -0.15) is 5.26 Å². The first kappa shape index (κ1) is 13.7. The highest BCUT2D eigenvalue weighted by molar-refractivity contribution is 5.59. The van der Waals surface area contributed by atoms with Gasteiger partial charge in [0.25, 0.3) is 0 Å². The maximum absolute atomic E-state index is 8.89. The van der Waals surface area contributed by atoms with E-state index in [4.69, 9.17) is 10.00 Å². The van der Waals surface area contributed by atoms with E-state index in [0.717, 1.165) is 43.9 Å². The third kappa shape index (κ3) is 3.39. The fourth-order valence-corrected chi connectivity index (χ4v) is 2.49. The number of hydrogen-bond acceptors (Lipinski definition) is 4. The largest absolute Gasteiger partial charge is 0.495 e. The number of nitrogens with one attached hydrogen (secondary N) is 1. The summed E-state index contributed by atoms with van der Waals surface area (Å²) in [7, 11) is 1.64. The number of piperidine rings is 1. The number of rotatable bonds is 4. The van der Waals surface area contributed by atoms with Gasteiger partial charge >= 0.3 is 0 Å². The zero-order chi connectivity index (χ0) is 13.7. The number of nitrogens with zero attached hydrogens (tertiary/aromatic N) is 2. The number of likely N-dealkylation sites (tertiary alicyclic amines) is 1. The smallest absolute Gasteiger partial charge is 0.143 e.